The molecule has 0 spiro atoms. The summed E-state index contributed by atoms with van der Waals surface area (Å²) < 4.78 is 11.8. The van der Waals surface area contributed by atoms with Crippen LogP contribution in [0.2, 0.25) is 0 Å². The molecule has 0 atom stereocenters. The van der Waals surface area contributed by atoms with Gasteiger partial charge in [0.2, 0.25) is 0 Å². The maximum absolute atomic E-state index is 5.94. The molecule has 3 nitrogen and oxygen atoms in total. The fourth-order valence-electron chi connectivity index (χ4n) is 3.45. The summed E-state index contributed by atoms with van der Waals surface area (Å²) in [6.45, 7) is 4.48. The summed E-state index contributed by atoms with van der Waals surface area (Å²) in [6, 6.07) is 27.0. The maximum atomic E-state index is 5.94. The van der Waals surface area contributed by atoms with Gasteiger partial charge >= 0.3 is 0 Å². The van der Waals surface area contributed by atoms with Crippen molar-refractivity contribution < 1.29 is 9.47 Å². The van der Waals surface area contributed by atoms with E-state index in [-0.39, 0.29) is 0 Å². The molecule has 3 rings (SSSR count). The minimum Gasteiger partial charge on any atom is -0.494 e. The second kappa shape index (κ2) is 13.4. The van der Waals surface area contributed by atoms with E-state index >= 15 is 0 Å². The summed E-state index contributed by atoms with van der Waals surface area (Å²) in [5.74, 6) is 1.85. The molecule has 0 aliphatic rings. The van der Waals surface area contributed by atoms with Crippen molar-refractivity contribution >= 4 is 5.69 Å². The lowest BCUT2D eigenvalue weighted by atomic mass is 10.2. The molecule has 0 aromatic heterocycles. The summed E-state index contributed by atoms with van der Waals surface area (Å²) in [5, 5.41) is 3.48. The molecule has 0 aliphatic heterocycles. The van der Waals surface area contributed by atoms with Gasteiger partial charge in [0.05, 0.1) is 13.2 Å². The number of hydrogen-bond donors (Lipinski definition) is 1. The molecular formula is C28H35NO2. The molecule has 164 valence electrons. The summed E-state index contributed by atoms with van der Waals surface area (Å²) in [6.07, 6.45) is 7.20. The van der Waals surface area contributed by atoms with Gasteiger partial charge in [-0.3, -0.25) is 0 Å². The Kier molecular flexibility index (Phi) is 9.81. The first-order chi connectivity index (χ1) is 15.3. The first-order valence-electron chi connectivity index (χ1n) is 11.6. The Morgan fingerprint density at radius 1 is 0.645 bits per heavy atom. The lowest BCUT2D eigenvalue weighted by Crippen LogP contribution is -2.03. The Bertz CT molecular complexity index is 862. The fourth-order valence-corrected chi connectivity index (χ4v) is 3.45. The maximum Gasteiger partial charge on any atom is 0.119 e. The first-order valence-corrected chi connectivity index (χ1v) is 11.6. The number of rotatable bonds is 14. The van der Waals surface area contributed by atoms with Crippen molar-refractivity contribution in [3.05, 3.63) is 90.0 Å². The summed E-state index contributed by atoms with van der Waals surface area (Å²) in [5.41, 5.74) is 3.58. The number of nitrogens with one attached hydrogen (secondary N) is 1. The molecule has 0 saturated carbocycles. The Morgan fingerprint density at radius 2 is 1.39 bits per heavy atom. The van der Waals surface area contributed by atoms with Crippen molar-refractivity contribution in [1.82, 2.24) is 0 Å². The van der Waals surface area contributed by atoms with Crippen molar-refractivity contribution in [1.29, 1.82) is 0 Å². The van der Waals surface area contributed by atoms with Gasteiger partial charge in [0, 0.05) is 18.7 Å². The van der Waals surface area contributed by atoms with E-state index in [0.717, 1.165) is 43.2 Å². The molecule has 0 radical (unpaired) electrons. The molecular weight excluding hydrogens is 382 g/mol. The van der Waals surface area contributed by atoms with Crippen molar-refractivity contribution in [2.75, 3.05) is 18.5 Å². The Hall–Kier alpha value is -2.94. The van der Waals surface area contributed by atoms with Crippen LogP contribution in [0.25, 0.3) is 0 Å². The van der Waals surface area contributed by atoms with E-state index in [4.69, 9.17) is 9.47 Å². The van der Waals surface area contributed by atoms with Crippen LogP contribution in [-0.2, 0) is 13.0 Å². The van der Waals surface area contributed by atoms with Crippen LogP contribution < -0.4 is 14.8 Å². The number of hydrogen-bond acceptors (Lipinski definition) is 3. The van der Waals surface area contributed by atoms with Gasteiger partial charge < -0.3 is 14.8 Å². The zero-order chi connectivity index (χ0) is 21.6. The topological polar surface area (TPSA) is 30.5 Å². The second-order valence-electron chi connectivity index (χ2n) is 7.87. The smallest absolute Gasteiger partial charge is 0.119 e. The van der Waals surface area contributed by atoms with Crippen molar-refractivity contribution in [2.24, 2.45) is 0 Å². The van der Waals surface area contributed by atoms with Crippen LogP contribution in [0, 0.1) is 0 Å². The van der Waals surface area contributed by atoms with E-state index in [1.807, 2.05) is 30.3 Å². The SMILES string of the molecule is CCCCCCCOc1ccc(NCc2cccc(OCCc3ccccc3)c2)cc1. The van der Waals surface area contributed by atoms with Crippen molar-refractivity contribution in [3.63, 3.8) is 0 Å². The van der Waals surface area contributed by atoms with E-state index in [1.54, 1.807) is 0 Å². The molecule has 0 unspecified atom stereocenters. The molecule has 0 heterocycles. The van der Waals surface area contributed by atoms with E-state index in [1.165, 1.54) is 36.8 Å². The second-order valence-corrected chi connectivity index (χ2v) is 7.87. The van der Waals surface area contributed by atoms with Gasteiger partial charge in [0.25, 0.3) is 0 Å². The van der Waals surface area contributed by atoms with Gasteiger partial charge in [-0.2, -0.15) is 0 Å². The van der Waals surface area contributed by atoms with Crippen molar-refractivity contribution in [3.8, 4) is 11.5 Å². The third-order valence-corrected chi connectivity index (χ3v) is 5.27. The van der Waals surface area contributed by atoms with Gasteiger partial charge in [0.1, 0.15) is 11.5 Å². The van der Waals surface area contributed by atoms with Crippen LogP contribution in [0.1, 0.15) is 50.2 Å². The highest BCUT2D eigenvalue weighted by molar-refractivity contribution is 5.47. The van der Waals surface area contributed by atoms with E-state index in [0.29, 0.717) is 6.61 Å². The van der Waals surface area contributed by atoms with Crippen LogP contribution in [0.5, 0.6) is 11.5 Å². The van der Waals surface area contributed by atoms with Crippen molar-refractivity contribution in [2.45, 2.75) is 52.0 Å². The normalized spacial score (nSPS) is 10.6. The molecule has 3 aromatic carbocycles. The average molecular weight is 418 g/mol. The minimum atomic E-state index is 0.682. The van der Waals surface area contributed by atoms with Crippen LogP contribution in [-0.4, -0.2) is 13.2 Å². The van der Waals surface area contributed by atoms with E-state index in [2.05, 4.69) is 60.8 Å². The van der Waals surface area contributed by atoms with Crippen LogP contribution in [0.4, 0.5) is 5.69 Å². The number of unbranched alkanes of at least 4 members (excludes halogenated alkanes) is 4. The zero-order valence-electron chi connectivity index (χ0n) is 18.7. The summed E-state index contributed by atoms with van der Waals surface area (Å²) in [7, 11) is 0. The number of anilines is 1. The predicted molar refractivity (Wildman–Crippen MR) is 130 cm³/mol. The summed E-state index contributed by atoms with van der Waals surface area (Å²) in [4.78, 5) is 0. The van der Waals surface area contributed by atoms with Crippen LogP contribution in [0.3, 0.4) is 0 Å². The number of ether oxygens (including phenoxy) is 2. The highest BCUT2D eigenvalue weighted by Crippen LogP contribution is 2.19. The number of benzene rings is 3. The lowest BCUT2D eigenvalue weighted by molar-refractivity contribution is 0.304. The zero-order valence-corrected chi connectivity index (χ0v) is 18.7. The highest BCUT2D eigenvalue weighted by Gasteiger charge is 2.00. The molecule has 31 heavy (non-hydrogen) atoms. The molecule has 0 fully saturated rings. The van der Waals surface area contributed by atoms with Gasteiger partial charge in [0.15, 0.2) is 0 Å². The first kappa shape index (κ1) is 22.7. The molecule has 0 aliphatic carbocycles. The Labute approximate surface area is 187 Å². The quantitative estimate of drug-likeness (QED) is 0.280. The molecule has 3 heteroatoms. The van der Waals surface area contributed by atoms with Gasteiger partial charge in [-0.25, -0.2) is 0 Å². The van der Waals surface area contributed by atoms with Gasteiger partial charge in [-0.05, 0) is 53.9 Å². The third kappa shape index (κ3) is 8.75. The fraction of sp³-hybridized carbons (Fsp3) is 0.357. The van der Waals surface area contributed by atoms with Gasteiger partial charge in [-0.1, -0.05) is 75.1 Å². The van der Waals surface area contributed by atoms with Gasteiger partial charge in [-0.15, -0.1) is 0 Å². The molecule has 0 saturated heterocycles. The monoisotopic (exact) mass is 417 g/mol. The highest BCUT2D eigenvalue weighted by atomic mass is 16.5. The van der Waals surface area contributed by atoms with E-state index < -0.39 is 0 Å². The molecule has 1 N–H and O–H groups in total. The van der Waals surface area contributed by atoms with E-state index in [9.17, 15) is 0 Å². The average Bonchev–Trinajstić information content (AvgIpc) is 2.82. The molecule has 3 aromatic rings. The lowest BCUT2D eigenvalue weighted by Gasteiger charge is -2.11. The predicted octanol–water partition coefficient (Wildman–Crippen LogP) is 7.27. The Balaban J connectivity index is 1.38. The molecule has 0 bridgehead atoms. The minimum absolute atomic E-state index is 0.682. The van der Waals surface area contributed by atoms with Crippen LogP contribution >= 0.6 is 0 Å². The third-order valence-electron chi connectivity index (χ3n) is 5.27. The largest absolute Gasteiger partial charge is 0.494 e. The van der Waals surface area contributed by atoms with Crippen LogP contribution in [0.15, 0.2) is 78.9 Å². The summed E-state index contributed by atoms with van der Waals surface area (Å²) >= 11 is 0. The molecule has 0 amide bonds. The standard InChI is InChI=1S/C28H35NO2/c1-2-3-4-5-9-20-30-27-17-15-26(16-18-27)29-23-25-13-10-14-28(22-25)31-21-19-24-11-7-6-8-12-24/h6-8,10-18,22,29H,2-5,9,19-21,23H2,1H3. The Morgan fingerprint density at radius 3 is 2.19 bits per heavy atom.